The van der Waals surface area contributed by atoms with Crippen LogP contribution in [0.5, 0.6) is 0 Å². The highest BCUT2D eigenvalue weighted by atomic mass is 32.2. The SMILES string of the molecule is CN1CCCC(CNCC2CCCS2)C1. The number of piperidine rings is 1. The highest BCUT2D eigenvalue weighted by molar-refractivity contribution is 8.00. The molecule has 2 aliphatic rings. The minimum atomic E-state index is 0.898. The van der Waals surface area contributed by atoms with E-state index in [0.29, 0.717) is 0 Å². The average Bonchev–Trinajstić information content (AvgIpc) is 2.71. The second kappa shape index (κ2) is 6.12. The van der Waals surface area contributed by atoms with Gasteiger partial charge in [0.15, 0.2) is 0 Å². The molecule has 0 aromatic heterocycles. The molecule has 2 fully saturated rings. The molecule has 15 heavy (non-hydrogen) atoms. The van der Waals surface area contributed by atoms with Gasteiger partial charge < -0.3 is 10.2 Å². The summed E-state index contributed by atoms with van der Waals surface area (Å²) in [5.41, 5.74) is 0. The van der Waals surface area contributed by atoms with Crippen molar-refractivity contribution >= 4 is 11.8 Å². The molecule has 2 nitrogen and oxygen atoms in total. The summed E-state index contributed by atoms with van der Waals surface area (Å²) in [6.45, 7) is 5.08. The molecule has 0 aromatic rings. The van der Waals surface area contributed by atoms with Gasteiger partial charge in [-0.25, -0.2) is 0 Å². The third-order valence-electron chi connectivity index (χ3n) is 3.55. The zero-order chi connectivity index (χ0) is 10.5. The van der Waals surface area contributed by atoms with Crippen LogP contribution in [0.3, 0.4) is 0 Å². The fraction of sp³-hybridized carbons (Fsp3) is 1.00. The van der Waals surface area contributed by atoms with Gasteiger partial charge in [-0.2, -0.15) is 11.8 Å². The number of rotatable bonds is 4. The lowest BCUT2D eigenvalue weighted by molar-refractivity contribution is 0.206. The molecule has 0 radical (unpaired) electrons. The van der Waals surface area contributed by atoms with Crippen molar-refractivity contribution in [3.63, 3.8) is 0 Å². The predicted octanol–water partition coefficient (Wildman–Crippen LogP) is 1.81. The van der Waals surface area contributed by atoms with Crippen LogP contribution >= 0.6 is 11.8 Å². The molecular formula is C12H24N2S. The molecule has 0 aromatic carbocycles. The van der Waals surface area contributed by atoms with E-state index in [1.54, 1.807) is 0 Å². The summed E-state index contributed by atoms with van der Waals surface area (Å²) in [6, 6.07) is 0. The Balaban J connectivity index is 1.56. The van der Waals surface area contributed by atoms with Crippen molar-refractivity contribution in [3.05, 3.63) is 0 Å². The molecule has 0 amide bonds. The van der Waals surface area contributed by atoms with E-state index in [4.69, 9.17) is 0 Å². The average molecular weight is 228 g/mol. The molecule has 0 spiro atoms. The van der Waals surface area contributed by atoms with Gasteiger partial charge in [0.05, 0.1) is 0 Å². The molecule has 3 heteroatoms. The molecule has 2 saturated heterocycles. The zero-order valence-corrected chi connectivity index (χ0v) is 10.7. The highest BCUT2D eigenvalue weighted by Crippen LogP contribution is 2.25. The smallest absolute Gasteiger partial charge is 0.0172 e. The summed E-state index contributed by atoms with van der Waals surface area (Å²) in [5, 5.41) is 4.58. The Hall–Kier alpha value is 0.270. The Morgan fingerprint density at radius 2 is 2.20 bits per heavy atom. The summed E-state index contributed by atoms with van der Waals surface area (Å²) in [7, 11) is 2.25. The fourth-order valence-electron chi connectivity index (χ4n) is 2.69. The van der Waals surface area contributed by atoms with E-state index in [2.05, 4.69) is 29.0 Å². The van der Waals surface area contributed by atoms with Crippen LogP contribution in [0.1, 0.15) is 25.7 Å². The Labute approximate surface area is 98.2 Å². The highest BCUT2D eigenvalue weighted by Gasteiger charge is 2.18. The van der Waals surface area contributed by atoms with E-state index in [1.165, 1.54) is 57.6 Å². The lowest BCUT2D eigenvalue weighted by Crippen LogP contribution is -2.38. The number of hydrogen-bond acceptors (Lipinski definition) is 3. The molecule has 88 valence electrons. The first-order chi connectivity index (χ1) is 7.34. The van der Waals surface area contributed by atoms with Crippen molar-refractivity contribution in [1.82, 2.24) is 10.2 Å². The van der Waals surface area contributed by atoms with Crippen LogP contribution in [0.2, 0.25) is 0 Å². The second-order valence-electron chi connectivity index (χ2n) is 5.06. The molecule has 2 aliphatic heterocycles. The lowest BCUT2D eigenvalue weighted by atomic mass is 9.98. The molecule has 1 N–H and O–H groups in total. The topological polar surface area (TPSA) is 15.3 Å². The van der Waals surface area contributed by atoms with E-state index in [1.807, 2.05) is 0 Å². The molecule has 0 bridgehead atoms. The van der Waals surface area contributed by atoms with Gasteiger partial charge in [0, 0.05) is 18.3 Å². The Bertz CT molecular complexity index is 180. The van der Waals surface area contributed by atoms with Crippen molar-refractivity contribution < 1.29 is 0 Å². The third-order valence-corrected chi connectivity index (χ3v) is 4.95. The van der Waals surface area contributed by atoms with Crippen molar-refractivity contribution in [3.8, 4) is 0 Å². The maximum atomic E-state index is 3.67. The Kier molecular flexibility index (Phi) is 4.79. The van der Waals surface area contributed by atoms with Gasteiger partial charge in [0.2, 0.25) is 0 Å². The van der Waals surface area contributed by atoms with E-state index in [0.717, 1.165) is 11.2 Å². The van der Waals surface area contributed by atoms with Crippen LogP contribution in [-0.2, 0) is 0 Å². The van der Waals surface area contributed by atoms with Crippen LogP contribution in [0.4, 0.5) is 0 Å². The number of hydrogen-bond donors (Lipinski definition) is 1. The van der Waals surface area contributed by atoms with Crippen molar-refractivity contribution in [2.45, 2.75) is 30.9 Å². The normalized spacial score (nSPS) is 33.4. The molecule has 0 aliphatic carbocycles. The Morgan fingerprint density at radius 1 is 1.27 bits per heavy atom. The van der Waals surface area contributed by atoms with Gasteiger partial charge in [0.25, 0.3) is 0 Å². The van der Waals surface area contributed by atoms with Gasteiger partial charge >= 0.3 is 0 Å². The minimum absolute atomic E-state index is 0.898. The number of nitrogens with zero attached hydrogens (tertiary/aromatic N) is 1. The van der Waals surface area contributed by atoms with Gasteiger partial charge in [0.1, 0.15) is 0 Å². The summed E-state index contributed by atoms with van der Waals surface area (Å²) < 4.78 is 0. The van der Waals surface area contributed by atoms with E-state index in [9.17, 15) is 0 Å². The quantitative estimate of drug-likeness (QED) is 0.790. The second-order valence-corrected chi connectivity index (χ2v) is 6.47. The van der Waals surface area contributed by atoms with E-state index < -0.39 is 0 Å². The van der Waals surface area contributed by atoms with Crippen LogP contribution in [0, 0.1) is 5.92 Å². The van der Waals surface area contributed by atoms with Gasteiger partial charge in [-0.05, 0) is 57.5 Å². The zero-order valence-electron chi connectivity index (χ0n) is 9.87. The first-order valence-corrected chi connectivity index (χ1v) is 7.40. The summed E-state index contributed by atoms with van der Waals surface area (Å²) in [6.07, 6.45) is 5.68. The summed E-state index contributed by atoms with van der Waals surface area (Å²) >= 11 is 2.16. The van der Waals surface area contributed by atoms with E-state index in [-0.39, 0.29) is 0 Å². The van der Waals surface area contributed by atoms with Crippen molar-refractivity contribution in [1.29, 1.82) is 0 Å². The Morgan fingerprint density at radius 3 is 2.93 bits per heavy atom. The van der Waals surface area contributed by atoms with E-state index >= 15 is 0 Å². The van der Waals surface area contributed by atoms with Gasteiger partial charge in [-0.15, -0.1) is 0 Å². The molecule has 2 unspecified atom stereocenters. The van der Waals surface area contributed by atoms with Crippen molar-refractivity contribution in [2.24, 2.45) is 5.92 Å². The standard InChI is InChI=1S/C12H24N2S/c1-14-6-2-4-11(10-14)8-13-9-12-5-3-7-15-12/h11-13H,2-10H2,1H3. The fourth-order valence-corrected chi connectivity index (χ4v) is 3.93. The molecule has 2 atom stereocenters. The predicted molar refractivity (Wildman–Crippen MR) is 68.6 cm³/mol. The molecule has 0 saturated carbocycles. The largest absolute Gasteiger partial charge is 0.315 e. The monoisotopic (exact) mass is 228 g/mol. The third kappa shape index (κ3) is 3.97. The maximum Gasteiger partial charge on any atom is 0.0172 e. The number of likely N-dealkylation sites (tertiary alicyclic amines) is 1. The molecule has 2 rings (SSSR count). The number of thioether (sulfide) groups is 1. The maximum absolute atomic E-state index is 3.67. The molecular weight excluding hydrogens is 204 g/mol. The van der Waals surface area contributed by atoms with Crippen LogP contribution in [0.25, 0.3) is 0 Å². The first kappa shape index (κ1) is 11.7. The van der Waals surface area contributed by atoms with Gasteiger partial charge in [-0.3, -0.25) is 0 Å². The number of nitrogens with one attached hydrogen (secondary N) is 1. The lowest BCUT2D eigenvalue weighted by Gasteiger charge is -2.30. The minimum Gasteiger partial charge on any atom is -0.315 e. The van der Waals surface area contributed by atoms with Gasteiger partial charge in [-0.1, -0.05) is 0 Å². The summed E-state index contributed by atoms with van der Waals surface area (Å²) in [4.78, 5) is 2.47. The van der Waals surface area contributed by atoms with Crippen LogP contribution < -0.4 is 5.32 Å². The summed E-state index contributed by atoms with van der Waals surface area (Å²) in [5.74, 6) is 2.29. The molecule has 2 heterocycles. The van der Waals surface area contributed by atoms with Crippen molar-refractivity contribution in [2.75, 3.05) is 39.0 Å². The van der Waals surface area contributed by atoms with Crippen LogP contribution in [0.15, 0.2) is 0 Å². The van der Waals surface area contributed by atoms with Crippen LogP contribution in [-0.4, -0.2) is 49.1 Å². The first-order valence-electron chi connectivity index (χ1n) is 6.35.